The Balaban J connectivity index is 1.89. The van der Waals surface area contributed by atoms with E-state index >= 15 is 0 Å². The number of guanidine groups is 1. The third-order valence-corrected chi connectivity index (χ3v) is 4.94. The van der Waals surface area contributed by atoms with E-state index in [1.54, 1.807) is 18.4 Å². The van der Waals surface area contributed by atoms with Gasteiger partial charge in [0.2, 0.25) is 0 Å². The number of aliphatic imine (C=N–C) groups is 1. The van der Waals surface area contributed by atoms with E-state index in [2.05, 4.69) is 57.2 Å². The number of hydrogen-bond acceptors (Lipinski definition) is 4. The predicted octanol–water partition coefficient (Wildman–Crippen LogP) is 1.83. The van der Waals surface area contributed by atoms with Crippen LogP contribution in [0.15, 0.2) is 22.5 Å². The predicted molar refractivity (Wildman–Crippen MR) is 91.3 cm³/mol. The molecule has 2 aromatic heterocycles. The Morgan fingerprint density at radius 2 is 2.14 bits per heavy atom. The number of aryl methyl sites for hydroxylation is 1. The van der Waals surface area contributed by atoms with Crippen molar-refractivity contribution in [3.63, 3.8) is 0 Å². The summed E-state index contributed by atoms with van der Waals surface area (Å²) in [6, 6.07) is 4.26. The number of thiophene rings is 1. The number of aromatic nitrogens is 3. The maximum atomic E-state index is 4.26. The molecule has 2 rings (SSSR count). The van der Waals surface area contributed by atoms with Gasteiger partial charge in [0.15, 0.2) is 11.8 Å². The first-order chi connectivity index (χ1) is 10.4. The lowest BCUT2D eigenvalue weighted by atomic mass is 9.91. The lowest BCUT2D eigenvalue weighted by molar-refractivity contribution is 0.518. The van der Waals surface area contributed by atoms with Crippen LogP contribution in [-0.2, 0) is 19.0 Å². The van der Waals surface area contributed by atoms with Crippen LogP contribution in [0.1, 0.15) is 30.4 Å². The highest BCUT2D eigenvalue weighted by Crippen LogP contribution is 2.26. The van der Waals surface area contributed by atoms with Crippen molar-refractivity contribution in [2.24, 2.45) is 12.0 Å². The normalized spacial score (nSPS) is 12.5. The molecule has 0 amide bonds. The van der Waals surface area contributed by atoms with Crippen LogP contribution in [0, 0.1) is 6.92 Å². The molecule has 0 aromatic carbocycles. The van der Waals surface area contributed by atoms with E-state index in [9.17, 15) is 0 Å². The van der Waals surface area contributed by atoms with Gasteiger partial charge in [-0.2, -0.15) is 0 Å². The molecule has 0 spiro atoms. The van der Waals surface area contributed by atoms with Crippen molar-refractivity contribution < 1.29 is 0 Å². The fraction of sp³-hybridized carbons (Fsp3) is 0.533. The van der Waals surface area contributed by atoms with Crippen LogP contribution in [0.2, 0.25) is 0 Å². The molecule has 7 heteroatoms. The molecule has 0 atom stereocenters. The quantitative estimate of drug-likeness (QED) is 0.651. The summed E-state index contributed by atoms with van der Waals surface area (Å²) in [5.41, 5.74) is 0.0627. The largest absolute Gasteiger partial charge is 0.356 e. The van der Waals surface area contributed by atoms with Gasteiger partial charge in [-0.25, -0.2) is 0 Å². The third-order valence-electron chi connectivity index (χ3n) is 3.71. The van der Waals surface area contributed by atoms with Crippen molar-refractivity contribution in [3.8, 4) is 0 Å². The van der Waals surface area contributed by atoms with E-state index in [1.165, 1.54) is 4.88 Å². The fourth-order valence-electron chi connectivity index (χ4n) is 2.04. The minimum Gasteiger partial charge on any atom is -0.356 e. The smallest absolute Gasteiger partial charge is 0.191 e. The SMILES string of the molecule is CN=C(NCc1nnc(C)n1C)NCC(C)(C)c1cccs1. The third kappa shape index (κ3) is 3.85. The zero-order chi connectivity index (χ0) is 16.2. The molecule has 0 aliphatic heterocycles. The van der Waals surface area contributed by atoms with Crippen molar-refractivity contribution in [1.82, 2.24) is 25.4 Å². The summed E-state index contributed by atoms with van der Waals surface area (Å²) in [6.45, 7) is 7.80. The Morgan fingerprint density at radius 1 is 1.36 bits per heavy atom. The van der Waals surface area contributed by atoms with E-state index in [-0.39, 0.29) is 5.41 Å². The monoisotopic (exact) mass is 320 g/mol. The summed E-state index contributed by atoms with van der Waals surface area (Å²) in [5.74, 6) is 2.56. The van der Waals surface area contributed by atoms with Crippen LogP contribution < -0.4 is 10.6 Å². The second-order valence-electron chi connectivity index (χ2n) is 5.86. The molecule has 0 unspecified atom stereocenters. The first-order valence-corrected chi connectivity index (χ1v) is 8.15. The summed E-state index contributed by atoms with van der Waals surface area (Å²) in [5, 5.41) is 17.0. The Morgan fingerprint density at radius 3 is 2.68 bits per heavy atom. The van der Waals surface area contributed by atoms with Gasteiger partial charge in [0.1, 0.15) is 5.82 Å². The zero-order valence-electron chi connectivity index (χ0n) is 13.8. The molecule has 22 heavy (non-hydrogen) atoms. The van der Waals surface area contributed by atoms with Crippen molar-refractivity contribution >= 4 is 17.3 Å². The minimum absolute atomic E-state index is 0.0627. The molecule has 2 aromatic rings. The molecule has 0 saturated carbocycles. The fourth-order valence-corrected chi connectivity index (χ4v) is 2.90. The Labute approximate surface area is 135 Å². The van der Waals surface area contributed by atoms with Crippen LogP contribution in [0.25, 0.3) is 0 Å². The highest BCUT2D eigenvalue weighted by Gasteiger charge is 2.22. The van der Waals surface area contributed by atoms with Crippen LogP contribution in [0.5, 0.6) is 0 Å². The number of nitrogens with one attached hydrogen (secondary N) is 2. The summed E-state index contributed by atoms with van der Waals surface area (Å²) in [7, 11) is 3.73. The summed E-state index contributed by atoms with van der Waals surface area (Å²) < 4.78 is 1.97. The number of hydrogen-bond donors (Lipinski definition) is 2. The summed E-state index contributed by atoms with van der Waals surface area (Å²) >= 11 is 1.78. The lowest BCUT2D eigenvalue weighted by Gasteiger charge is -2.25. The first kappa shape index (κ1) is 16.5. The molecular formula is C15H24N6S. The van der Waals surface area contributed by atoms with Crippen LogP contribution >= 0.6 is 11.3 Å². The van der Waals surface area contributed by atoms with Crippen molar-refractivity contribution in [2.75, 3.05) is 13.6 Å². The van der Waals surface area contributed by atoms with Crippen molar-refractivity contribution in [2.45, 2.75) is 32.7 Å². The van der Waals surface area contributed by atoms with Crippen LogP contribution in [-0.4, -0.2) is 34.3 Å². The van der Waals surface area contributed by atoms with Gasteiger partial charge in [-0.15, -0.1) is 21.5 Å². The molecule has 2 heterocycles. The summed E-state index contributed by atoms with van der Waals surface area (Å²) in [6.07, 6.45) is 0. The molecule has 0 aliphatic rings. The highest BCUT2D eigenvalue weighted by atomic mass is 32.1. The topological polar surface area (TPSA) is 67.1 Å². The van der Waals surface area contributed by atoms with Gasteiger partial charge in [-0.05, 0) is 18.4 Å². The van der Waals surface area contributed by atoms with E-state index in [0.717, 1.165) is 24.2 Å². The average molecular weight is 320 g/mol. The first-order valence-electron chi connectivity index (χ1n) is 7.27. The Hall–Kier alpha value is -1.89. The average Bonchev–Trinajstić information content (AvgIpc) is 3.13. The molecule has 2 N–H and O–H groups in total. The lowest BCUT2D eigenvalue weighted by Crippen LogP contribution is -2.43. The Bertz CT molecular complexity index is 627. The molecule has 0 bridgehead atoms. The van der Waals surface area contributed by atoms with Gasteiger partial charge >= 0.3 is 0 Å². The molecule has 0 radical (unpaired) electrons. The number of nitrogens with zero attached hydrogens (tertiary/aromatic N) is 4. The second-order valence-corrected chi connectivity index (χ2v) is 6.81. The van der Waals surface area contributed by atoms with E-state index in [1.807, 2.05) is 18.5 Å². The second kappa shape index (κ2) is 6.91. The van der Waals surface area contributed by atoms with Gasteiger partial charge in [-0.3, -0.25) is 4.99 Å². The van der Waals surface area contributed by atoms with E-state index in [0.29, 0.717) is 6.54 Å². The minimum atomic E-state index is 0.0627. The molecule has 0 aliphatic carbocycles. The summed E-state index contributed by atoms with van der Waals surface area (Å²) in [4.78, 5) is 5.62. The van der Waals surface area contributed by atoms with Gasteiger partial charge in [0.25, 0.3) is 0 Å². The maximum Gasteiger partial charge on any atom is 0.191 e. The van der Waals surface area contributed by atoms with Gasteiger partial charge in [0.05, 0.1) is 6.54 Å². The molecule has 0 saturated heterocycles. The van der Waals surface area contributed by atoms with Crippen LogP contribution in [0.3, 0.4) is 0 Å². The maximum absolute atomic E-state index is 4.26. The standard InChI is InChI=1S/C15H24N6S/c1-11-19-20-13(21(11)5)9-17-14(16-4)18-10-15(2,3)12-7-6-8-22-12/h6-8H,9-10H2,1-5H3,(H2,16,17,18). The Kier molecular flexibility index (Phi) is 5.18. The number of rotatable bonds is 5. The van der Waals surface area contributed by atoms with E-state index in [4.69, 9.17) is 0 Å². The van der Waals surface area contributed by atoms with Crippen molar-refractivity contribution in [1.29, 1.82) is 0 Å². The van der Waals surface area contributed by atoms with Gasteiger partial charge in [-0.1, -0.05) is 19.9 Å². The van der Waals surface area contributed by atoms with Gasteiger partial charge in [0, 0.05) is 30.9 Å². The zero-order valence-corrected chi connectivity index (χ0v) is 14.7. The molecular weight excluding hydrogens is 296 g/mol. The molecule has 0 fully saturated rings. The highest BCUT2D eigenvalue weighted by molar-refractivity contribution is 7.10. The van der Waals surface area contributed by atoms with Gasteiger partial charge < -0.3 is 15.2 Å². The van der Waals surface area contributed by atoms with Crippen molar-refractivity contribution in [3.05, 3.63) is 34.0 Å². The molecule has 6 nitrogen and oxygen atoms in total. The molecule has 120 valence electrons. The van der Waals surface area contributed by atoms with E-state index < -0.39 is 0 Å². The van der Waals surface area contributed by atoms with Crippen LogP contribution in [0.4, 0.5) is 0 Å².